The van der Waals surface area contributed by atoms with Gasteiger partial charge < -0.3 is 5.32 Å². The van der Waals surface area contributed by atoms with E-state index in [1.165, 1.54) is 16.0 Å². The molecule has 0 saturated carbocycles. The van der Waals surface area contributed by atoms with Crippen molar-refractivity contribution in [3.63, 3.8) is 0 Å². The Balaban J connectivity index is 1.55. The molecule has 1 amide bonds. The highest BCUT2D eigenvalue weighted by Crippen LogP contribution is 2.16. The first kappa shape index (κ1) is 17.0. The Morgan fingerprint density at radius 3 is 2.50 bits per heavy atom. The molecule has 2 aromatic carbocycles. The molecule has 0 bridgehead atoms. The fraction of sp³-hybridized carbons (Fsp3) is 0.278. The highest BCUT2D eigenvalue weighted by atomic mass is 32.2. The van der Waals surface area contributed by atoms with Crippen LogP contribution < -0.4 is 5.32 Å². The number of thioether (sulfide) groups is 2. The summed E-state index contributed by atoms with van der Waals surface area (Å²) in [5.41, 5.74) is 2.53. The Bertz CT molecular complexity index is 569. The maximum absolute atomic E-state index is 11.8. The molecule has 0 aliphatic heterocycles. The summed E-state index contributed by atoms with van der Waals surface area (Å²) in [5, 5.41) is 2.97. The van der Waals surface area contributed by atoms with Crippen molar-refractivity contribution < 1.29 is 4.79 Å². The average Bonchev–Trinajstić information content (AvgIpc) is 2.54. The van der Waals surface area contributed by atoms with E-state index in [0.29, 0.717) is 12.3 Å². The number of rotatable bonds is 8. The van der Waals surface area contributed by atoms with Crippen LogP contribution >= 0.6 is 23.5 Å². The highest BCUT2D eigenvalue weighted by Gasteiger charge is 2.02. The van der Waals surface area contributed by atoms with E-state index in [9.17, 15) is 4.79 Å². The minimum atomic E-state index is 0.116. The van der Waals surface area contributed by atoms with Crippen LogP contribution in [0.4, 0.5) is 0 Å². The predicted molar refractivity (Wildman–Crippen MR) is 97.5 cm³/mol. The van der Waals surface area contributed by atoms with Crippen molar-refractivity contribution in [2.45, 2.75) is 17.6 Å². The lowest BCUT2D eigenvalue weighted by Crippen LogP contribution is -2.27. The van der Waals surface area contributed by atoms with Crippen molar-refractivity contribution in [2.75, 3.05) is 18.1 Å². The summed E-state index contributed by atoms with van der Waals surface area (Å²) in [6.45, 7) is 2.79. The second-order valence-corrected chi connectivity index (χ2v) is 7.14. The van der Waals surface area contributed by atoms with Gasteiger partial charge in [0.1, 0.15) is 0 Å². The molecule has 0 heterocycles. The van der Waals surface area contributed by atoms with Crippen LogP contribution in [-0.2, 0) is 10.5 Å². The van der Waals surface area contributed by atoms with Gasteiger partial charge >= 0.3 is 0 Å². The number of carbonyl (C=O) groups excluding carboxylic acids is 1. The molecule has 2 aromatic rings. The van der Waals surface area contributed by atoms with E-state index < -0.39 is 0 Å². The molecule has 1 N–H and O–H groups in total. The molecular formula is C18H21NOS2. The Hall–Kier alpha value is -1.39. The van der Waals surface area contributed by atoms with Gasteiger partial charge in [-0.25, -0.2) is 0 Å². The Morgan fingerprint density at radius 1 is 1.05 bits per heavy atom. The summed E-state index contributed by atoms with van der Waals surface area (Å²) in [6, 6.07) is 18.7. The molecule has 0 aliphatic carbocycles. The van der Waals surface area contributed by atoms with Gasteiger partial charge in [0.05, 0.1) is 5.75 Å². The molecule has 0 unspecified atom stereocenters. The average molecular weight is 332 g/mol. The Kier molecular flexibility index (Phi) is 7.40. The van der Waals surface area contributed by atoms with Crippen LogP contribution in [0.25, 0.3) is 0 Å². The van der Waals surface area contributed by atoms with Crippen LogP contribution in [0.2, 0.25) is 0 Å². The summed E-state index contributed by atoms with van der Waals surface area (Å²) in [7, 11) is 0. The number of carbonyl (C=O) groups is 1. The zero-order chi connectivity index (χ0) is 15.6. The quantitative estimate of drug-likeness (QED) is 0.582. The van der Waals surface area contributed by atoms with Gasteiger partial charge in [0.15, 0.2) is 0 Å². The molecule has 0 fully saturated rings. The fourth-order valence-corrected chi connectivity index (χ4v) is 3.48. The van der Waals surface area contributed by atoms with Gasteiger partial charge in [-0.3, -0.25) is 4.79 Å². The van der Waals surface area contributed by atoms with Crippen LogP contribution in [0, 0.1) is 6.92 Å². The van der Waals surface area contributed by atoms with E-state index >= 15 is 0 Å². The normalized spacial score (nSPS) is 10.4. The minimum Gasteiger partial charge on any atom is -0.355 e. The van der Waals surface area contributed by atoms with Crippen molar-refractivity contribution in [2.24, 2.45) is 0 Å². The topological polar surface area (TPSA) is 29.1 Å². The summed E-state index contributed by atoms with van der Waals surface area (Å²) >= 11 is 3.42. The number of aryl methyl sites for hydroxylation is 1. The molecule has 0 radical (unpaired) electrons. The minimum absolute atomic E-state index is 0.116. The van der Waals surface area contributed by atoms with E-state index in [4.69, 9.17) is 0 Å². The van der Waals surface area contributed by atoms with Crippen molar-refractivity contribution >= 4 is 29.4 Å². The molecule has 0 atom stereocenters. The summed E-state index contributed by atoms with van der Waals surface area (Å²) in [4.78, 5) is 13.0. The van der Waals surface area contributed by atoms with Gasteiger partial charge in [-0.15, -0.1) is 23.5 Å². The third-order valence-electron chi connectivity index (χ3n) is 3.06. The largest absolute Gasteiger partial charge is 0.355 e. The Morgan fingerprint density at radius 2 is 1.77 bits per heavy atom. The van der Waals surface area contributed by atoms with E-state index in [1.807, 2.05) is 18.2 Å². The van der Waals surface area contributed by atoms with Gasteiger partial charge in [-0.2, -0.15) is 0 Å². The molecule has 0 saturated heterocycles. The van der Waals surface area contributed by atoms with Crippen molar-refractivity contribution in [1.82, 2.24) is 5.32 Å². The third kappa shape index (κ3) is 6.58. The first-order valence-corrected chi connectivity index (χ1v) is 9.46. The molecule has 0 spiro atoms. The summed E-state index contributed by atoms with van der Waals surface area (Å²) in [6.07, 6.45) is 0. The van der Waals surface area contributed by atoms with E-state index in [2.05, 4.69) is 48.6 Å². The van der Waals surface area contributed by atoms with Gasteiger partial charge in [0.25, 0.3) is 0 Å². The lowest BCUT2D eigenvalue weighted by Gasteiger charge is -2.06. The van der Waals surface area contributed by atoms with E-state index in [-0.39, 0.29) is 5.91 Å². The number of amides is 1. The zero-order valence-electron chi connectivity index (χ0n) is 12.7. The second-order valence-electron chi connectivity index (χ2n) is 4.99. The molecule has 22 heavy (non-hydrogen) atoms. The number of hydrogen-bond donors (Lipinski definition) is 1. The van der Waals surface area contributed by atoms with Crippen LogP contribution in [0.15, 0.2) is 59.5 Å². The third-order valence-corrected chi connectivity index (χ3v) is 5.08. The molecule has 2 rings (SSSR count). The van der Waals surface area contributed by atoms with Gasteiger partial charge in [-0.1, -0.05) is 48.0 Å². The van der Waals surface area contributed by atoms with Crippen LogP contribution in [0.3, 0.4) is 0 Å². The standard InChI is InChI=1S/C18H21NOS2/c1-15-7-9-16(10-8-15)13-21-14-18(20)19-11-12-22-17-5-3-2-4-6-17/h2-10H,11-14H2,1H3,(H,19,20). The first-order chi connectivity index (χ1) is 10.7. The molecule has 4 heteroatoms. The smallest absolute Gasteiger partial charge is 0.230 e. The lowest BCUT2D eigenvalue weighted by molar-refractivity contribution is -0.118. The second kappa shape index (κ2) is 9.59. The molecule has 2 nitrogen and oxygen atoms in total. The maximum Gasteiger partial charge on any atom is 0.230 e. The van der Waals surface area contributed by atoms with Crippen LogP contribution in [0.5, 0.6) is 0 Å². The zero-order valence-corrected chi connectivity index (χ0v) is 14.4. The number of hydrogen-bond acceptors (Lipinski definition) is 3. The summed E-state index contributed by atoms with van der Waals surface area (Å²) < 4.78 is 0. The highest BCUT2D eigenvalue weighted by molar-refractivity contribution is 7.99. The predicted octanol–water partition coefficient (Wildman–Crippen LogP) is 4.14. The van der Waals surface area contributed by atoms with E-state index in [1.54, 1.807) is 23.5 Å². The molecular weight excluding hydrogens is 310 g/mol. The summed E-state index contributed by atoms with van der Waals surface area (Å²) in [5.74, 6) is 2.42. The molecule has 0 aliphatic rings. The molecule has 116 valence electrons. The SMILES string of the molecule is Cc1ccc(CSCC(=O)NCCSc2ccccc2)cc1. The van der Waals surface area contributed by atoms with Gasteiger partial charge in [0, 0.05) is 22.9 Å². The van der Waals surface area contributed by atoms with Crippen LogP contribution in [0.1, 0.15) is 11.1 Å². The van der Waals surface area contributed by atoms with Gasteiger partial charge in [0.2, 0.25) is 5.91 Å². The maximum atomic E-state index is 11.8. The monoisotopic (exact) mass is 331 g/mol. The van der Waals surface area contributed by atoms with Crippen molar-refractivity contribution in [1.29, 1.82) is 0 Å². The number of nitrogens with one attached hydrogen (secondary N) is 1. The van der Waals surface area contributed by atoms with Crippen molar-refractivity contribution in [3.05, 3.63) is 65.7 Å². The first-order valence-electron chi connectivity index (χ1n) is 7.32. The fourth-order valence-electron chi connectivity index (χ4n) is 1.87. The van der Waals surface area contributed by atoms with Gasteiger partial charge in [-0.05, 0) is 24.6 Å². The van der Waals surface area contributed by atoms with Crippen LogP contribution in [-0.4, -0.2) is 24.0 Å². The number of benzene rings is 2. The lowest BCUT2D eigenvalue weighted by atomic mass is 10.2. The molecule has 0 aromatic heterocycles. The van der Waals surface area contributed by atoms with Crippen molar-refractivity contribution in [3.8, 4) is 0 Å². The van der Waals surface area contributed by atoms with E-state index in [0.717, 1.165) is 11.5 Å². The Labute approximate surface area is 141 Å².